The lowest BCUT2D eigenvalue weighted by Crippen LogP contribution is -2.23. The molecule has 1 atom stereocenters. The van der Waals surface area contributed by atoms with Crippen molar-refractivity contribution in [3.63, 3.8) is 0 Å². The molecule has 1 unspecified atom stereocenters. The number of aromatic nitrogens is 3. The molecule has 0 aliphatic carbocycles. The lowest BCUT2D eigenvalue weighted by molar-refractivity contribution is -0.119. The number of pyridine rings is 1. The summed E-state index contributed by atoms with van der Waals surface area (Å²) in [6.45, 7) is 1.61. The van der Waals surface area contributed by atoms with Gasteiger partial charge in [-0.15, -0.1) is 0 Å². The Hall–Kier alpha value is -3.61. The van der Waals surface area contributed by atoms with Crippen LogP contribution in [-0.4, -0.2) is 46.2 Å². The maximum atomic E-state index is 11.6. The van der Waals surface area contributed by atoms with Crippen LogP contribution in [0.2, 0.25) is 0 Å². The van der Waals surface area contributed by atoms with Crippen LogP contribution in [-0.2, 0) is 16.1 Å². The van der Waals surface area contributed by atoms with Gasteiger partial charge >= 0.3 is 0 Å². The molecule has 0 radical (unpaired) electrons. The van der Waals surface area contributed by atoms with Crippen molar-refractivity contribution in [2.24, 2.45) is 0 Å². The molecule has 9 heteroatoms. The van der Waals surface area contributed by atoms with Crippen LogP contribution >= 0.6 is 0 Å². The molecule has 1 aliphatic rings. The summed E-state index contributed by atoms with van der Waals surface area (Å²) >= 11 is 0. The van der Waals surface area contributed by atoms with E-state index in [1.54, 1.807) is 24.4 Å². The van der Waals surface area contributed by atoms with Gasteiger partial charge in [-0.1, -0.05) is 17.3 Å². The minimum Gasteiger partial charge on any atom is -0.375 e. The third-order valence-electron chi connectivity index (χ3n) is 5.10. The van der Waals surface area contributed by atoms with E-state index in [0.717, 1.165) is 31.5 Å². The van der Waals surface area contributed by atoms with Gasteiger partial charge in [0.05, 0.1) is 17.7 Å². The molecule has 31 heavy (non-hydrogen) atoms. The molecular formula is C22H22N6O3. The smallest absolute Gasteiger partial charge is 0.251 e. The van der Waals surface area contributed by atoms with Crippen LogP contribution in [0.3, 0.4) is 0 Å². The fourth-order valence-corrected chi connectivity index (χ4v) is 3.67. The van der Waals surface area contributed by atoms with E-state index in [-0.39, 0.29) is 18.6 Å². The number of amides is 1. The molecule has 2 aromatic heterocycles. The quantitative estimate of drug-likeness (QED) is 0.622. The molecule has 3 aromatic rings. The van der Waals surface area contributed by atoms with Gasteiger partial charge in [0.2, 0.25) is 11.7 Å². The summed E-state index contributed by atoms with van der Waals surface area (Å²) in [6.07, 6.45) is 3.57. The Kier molecular flexibility index (Phi) is 6.31. The van der Waals surface area contributed by atoms with E-state index in [1.807, 2.05) is 18.2 Å². The topological polar surface area (TPSA) is 117 Å². The molecule has 0 spiro atoms. The predicted molar refractivity (Wildman–Crippen MR) is 112 cm³/mol. The van der Waals surface area contributed by atoms with Gasteiger partial charge in [-0.3, -0.25) is 9.69 Å². The second kappa shape index (κ2) is 9.47. The second-order valence-electron chi connectivity index (χ2n) is 7.31. The maximum absolute atomic E-state index is 11.6. The van der Waals surface area contributed by atoms with E-state index < -0.39 is 0 Å². The predicted octanol–water partition coefficient (Wildman–Crippen LogP) is 2.93. The first-order valence-corrected chi connectivity index (χ1v) is 9.98. The SMILES string of the molecule is COCC(=O)Nc1ccc(-c2noc(C3CCCN3Cc3cccc(C#N)c3)n2)cn1. The number of ether oxygens (including phenoxy) is 1. The van der Waals surface area contributed by atoms with Crippen molar-refractivity contribution in [2.45, 2.75) is 25.4 Å². The number of hydrogen-bond donors (Lipinski definition) is 1. The molecule has 0 saturated carbocycles. The molecule has 0 bridgehead atoms. The molecule has 1 N–H and O–H groups in total. The van der Waals surface area contributed by atoms with Crippen molar-refractivity contribution in [1.29, 1.82) is 5.26 Å². The number of hydrogen-bond acceptors (Lipinski definition) is 8. The van der Waals surface area contributed by atoms with E-state index in [1.165, 1.54) is 7.11 Å². The largest absolute Gasteiger partial charge is 0.375 e. The van der Waals surface area contributed by atoms with Crippen molar-refractivity contribution in [1.82, 2.24) is 20.0 Å². The minimum absolute atomic E-state index is 0.0314. The van der Waals surface area contributed by atoms with E-state index in [2.05, 4.69) is 31.4 Å². The molecule has 1 amide bonds. The van der Waals surface area contributed by atoms with Gasteiger partial charge in [-0.05, 0) is 49.2 Å². The van der Waals surface area contributed by atoms with Gasteiger partial charge in [0.15, 0.2) is 0 Å². The average Bonchev–Trinajstić information content (AvgIpc) is 3.44. The molecule has 9 nitrogen and oxygen atoms in total. The molecule has 1 aliphatic heterocycles. The first kappa shape index (κ1) is 20.7. The summed E-state index contributed by atoms with van der Waals surface area (Å²) in [6, 6.07) is 13.3. The number of likely N-dealkylation sites (tertiary alicyclic amines) is 1. The Morgan fingerprint density at radius 1 is 1.39 bits per heavy atom. The molecule has 4 rings (SSSR count). The molecule has 1 aromatic carbocycles. The third kappa shape index (κ3) is 4.94. The Bertz CT molecular complexity index is 1090. The van der Waals surface area contributed by atoms with Crippen LogP contribution in [0.5, 0.6) is 0 Å². The normalized spacial score (nSPS) is 16.2. The summed E-state index contributed by atoms with van der Waals surface area (Å²) in [7, 11) is 1.46. The molecule has 158 valence electrons. The lowest BCUT2D eigenvalue weighted by Gasteiger charge is -2.21. The van der Waals surface area contributed by atoms with Crippen molar-refractivity contribution in [2.75, 3.05) is 25.6 Å². The number of rotatable bonds is 7. The summed E-state index contributed by atoms with van der Waals surface area (Å²) in [5, 5.41) is 15.9. The summed E-state index contributed by atoms with van der Waals surface area (Å²) in [4.78, 5) is 22.7. The highest BCUT2D eigenvalue weighted by molar-refractivity contribution is 5.90. The van der Waals surface area contributed by atoms with Crippen molar-refractivity contribution in [3.05, 3.63) is 59.6 Å². The van der Waals surface area contributed by atoms with Gasteiger partial charge in [-0.2, -0.15) is 10.2 Å². The number of nitriles is 1. The van der Waals surface area contributed by atoms with Crippen molar-refractivity contribution in [3.8, 4) is 17.5 Å². The zero-order valence-corrected chi connectivity index (χ0v) is 17.1. The van der Waals surface area contributed by atoms with Crippen LogP contribution in [0, 0.1) is 11.3 Å². The van der Waals surface area contributed by atoms with Gasteiger partial charge in [-0.25, -0.2) is 4.98 Å². The number of methoxy groups -OCH3 is 1. The Labute approximate surface area is 179 Å². The molecular weight excluding hydrogens is 396 g/mol. The zero-order chi connectivity index (χ0) is 21.6. The van der Waals surface area contributed by atoms with E-state index in [0.29, 0.717) is 28.7 Å². The summed E-state index contributed by atoms with van der Waals surface area (Å²) in [5.74, 6) is 1.18. The Morgan fingerprint density at radius 2 is 2.29 bits per heavy atom. The number of nitrogens with one attached hydrogen (secondary N) is 1. The van der Waals surface area contributed by atoms with Crippen LogP contribution in [0.15, 0.2) is 47.1 Å². The van der Waals surface area contributed by atoms with Gasteiger partial charge in [0.25, 0.3) is 5.91 Å². The van der Waals surface area contributed by atoms with Gasteiger partial charge < -0.3 is 14.6 Å². The number of carbonyl (C=O) groups is 1. The van der Waals surface area contributed by atoms with Crippen LogP contribution < -0.4 is 5.32 Å². The highest BCUT2D eigenvalue weighted by Gasteiger charge is 2.31. The minimum atomic E-state index is -0.272. The van der Waals surface area contributed by atoms with Crippen LogP contribution in [0.4, 0.5) is 5.82 Å². The Balaban J connectivity index is 1.45. The molecule has 1 fully saturated rings. The maximum Gasteiger partial charge on any atom is 0.251 e. The van der Waals surface area contributed by atoms with E-state index in [4.69, 9.17) is 14.5 Å². The van der Waals surface area contributed by atoms with Crippen LogP contribution in [0.1, 0.15) is 35.9 Å². The van der Waals surface area contributed by atoms with E-state index >= 15 is 0 Å². The second-order valence-corrected chi connectivity index (χ2v) is 7.31. The molecule has 1 saturated heterocycles. The number of nitrogens with zero attached hydrogens (tertiary/aromatic N) is 5. The lowest BCUT2D eigenvalue weighted by atomic mass is 10.1. The van der Waals surface area contributed by atoms with Crippen molar-refractivity contribution < 1.29 is 14.1 Å². The number of benzene rings is 1. The Morgan fingerprint density at radius 3 is 3.06 bits per heavy atom. The number of anilines is 1. The average molecular weight is 418 g/mol. The first-order valence-electron chi connectivity index (χ1n) is 9.98. The van der Waals surface area contributed by atoms with Crippen molar-refractivity contribution >= 4 is 11.7 Å². The summed E-state index contributed by atoms with van der Waals surface area (Å²) in [5.41, 5.74) is 2.44. The first-order chi connectivity index (χ1) is 15.2. The fourth-order valence-electron chi connectivity index (χ4n) is 3.67. The standard InChI is InChI=1S/C22H22N6O3/c1-30-14-20(29)25-19-8-7-17(12-24-19)21-26-22(31-27-21)18-6-3-9-28(18)13-16-5-2-4-15(10-16)11-23/h2,4-5,7-8,10,12,18H,3,6,9,13-14H2,1H3,(H,24,25,29). The highest BCUT2D eigenvalue weighted by Crippen LogP contribution is 2.33. The van der Waals surface area contributed by atoms with Crippen LogP contribution in [0.25, 0.3) is 11.4 Å². The van der Waals surface area contributed by atoms with Gasteiger partial charge in [0.1, 0.15) is 12.4 Å². The monoisotopic (exact) mass is 418 g/mol. The third-order valence-corrected chi connectivity index (χ3v) is 5.10. The fraction of sp³-hybridized carbons (Fsp3) is 0.318. The summed E-state index contributed by atoms with van der Waals surface area (Å²) < 4.78 is 10.4. The highest BCUT2D eigenvalue weighted by atomic mass is 16.5. The van der Waals surface area contributed by atoms with Gasteiger partial charge in [0, 0.05) is 25.4 Å². The number of carbonyl (C=O) groups excluding carboxylic acids is 1. The molecule has 3 heterocycles. The van der Waals surface area contributed by atoms with E-state index in [9.17, 15) is 4.79 Å². The zero-order valence-electron chi connectivity index (χ0n) is 17.1.